The summed E-state index contributed by atoms with van der Waals surface area (Å²) in [5.41, 5.74) is 0. The Balaban J connectivity index is 2.21. The van der Waals surface area contributed by atoms with Crippen LogP contribution in [0.3, 0.4) is 0 Å². The largest absolute Gasteiger partial charge is 0.304 e. The van der Waals surface area contributed by atoms with Crippen LogP contribution in [-0.4, -0.2) is 50.8 Å². The Bertz CT molecular complexity index is 479. The summed E-state index contributed by atoms with van der Waals surface area (Å²) in [5.74, 6) is 0. The van der Waals surface area contributed by atoms with E-state index in [0.29, 0.717) is 18.0 Å². The molecule has 1 aliphatic rings. The van der Waals surface area contributed by atoms with Gasteiger partial charge in [0.05, 0.1) is 4.90 Å². The lowest BCUT2D eigenvalue weighted by Gasteiger charge is -2.31. The van der Waals surface area contributed by atoms with Crippen molar-refractivity contribution in [2.75, 3.05) is 33.2 Å². The molecule has 17 heavy (non-hydrogen) atoms. The minimum Gasteiger partial charge on any atom is -0.304 e. The van der Waals surface area contributed by atoms with E-state index in [1.165, 1.54) is 0 Å². The standard InChI is InChI=1S/C11H15IN2O2S/c1-13-6-8-14(9-7-13)17(15,16)11-4-2-10(12)3-5-11/h2-5H,6-9H2,1H3. The SMILES string of the molecule is CN1CCN(S(=O)(=O)c2ccc(I)cc2)CC1. The number of sulfonamides is 1. The molecule has 1 aliphatic heterocycles. The number of piperazine rings is 1. The molecular weight excluding hydrogens is 351 g/mol. The fourth-order valence-corrected chi connectivity index (χ4v) is 3.57. The molecule has 0 unspecified atom stereocenters. The molecule has 0 aliphatic carbocycles. The number of nitrogens with zero attached hydrogens (tertiary/aromatic N) is 2. The van der Waals surface area contributed by atoms with Crippen LogP contribution >= 0.6 is 22.6 Å². The van der Waals surface area contributed by atoms with Gasteiger partial charge >= 0.3 is 0 Å². The van der Waals surface area contributed by atoms with Gasteiger partial charge in [0, 0.05) is 29.7 Å². The lowest BCUT2D eigenvalue weighted by atomic mass is 10.4. The van der Waals surface area contributed by atoms with Gasteiger partial charge in [0.1, 0.15) is 0 Å². The van der Waals surface area contributed by atoms with E-state index >= 15 is 0 Å². The fourth-order valence-electron chi connectivity index (χ4n) is 1.78. The molecule has 0 radical (unpaired) electrons. The summed E-state index contributed by atoms with van der Waals surface area (Å²) in [6.45, 7) is 2.74. The molecule has 1 aromatic rings. The third-order valence-electron chi connectivity index (χ3n) is 2.91. The van der Waals surface area contributed by atoms with Crippen molar-refractivity contribution in [1.29, 1.82) is 0 Å². The summed E-state index contributed by atoms with van der Waals surface area (Å²) < 4.78 is 27.2. The molecule has 1 saturated heterocycles. The topological polar surface area (TPSA) is 40.6 Å². The van der Waals surface area contributed by atoms with Crippen LogP contribution in [0, 0.1) is 3.57 Å². The third-order valence-corrected chi connectivity index (χ3v) is 5.55. The van der Waals surface area contributed by atoms with Gasteiger partial charge < -0.3 is 4.90 Å². The highest BCUT2D eigenvalue weighted by molar-refractivity contribution is 14.1. The number of hydrogen-bond acceptors (Lipinski definition) is 3. The second kappa shape index (κ2) is 5.21. The van der Waals surface area contributed by atoms with Gasteiger partial charge in [-0.1, -0.05) is 0 Å². The third kappa shape index (κ3) is 2.98. The molecule has 0 aromatic heterocycles. The van der Waals surface area contributed by atoms with Crippen molar-refractivity contribution in [3.63, 3.8) is 0 Å². The Morgan fingerprint density at radius 1 is 1.06 bits per heavy atom. The van der Waals surface area contributed by atoms with Gasteiger partial charge in [0.2, 0.25) is 10.0 Å². The zero-order valence-corrected chi connectivity index (χ0v) is 12.6. The van der Waals surface area contributed by atoms with Crippen LogP contribution in [0.5, 0.6) is 0 Å². The van der Waals surface area contributed by atoms with Crippen LogP contribution in [0.25, 0.3) is 0 Å². The number of benzene rings is 1. The van der Waals surface area contributed by atoms with Gasteiger partial charge in [-0.05, 0) is 53.9 Å². The summed E-state index contributed by atoms with van der Waals surface area (Å²) in [6, 6.07) is 7.00. The van der Waals surface area contributed by atoms with Gasteiger partial charge in [-0.15, -0.1) is 0 Å². The number of rotatable bonds is 2. The molecule has 0 amide bonds. The van der Waals surface area contributed by atoms with Crippen LogP contribution < -0.4 is 0 Å². The molecular formula is C11H15IN2O2S. The summed E-state index contributed by atoms with van der Waals surface area (Å²) in [5, 5.41) is 0. The van der Waals surface area contributed by atoms with E-state index in [1.807, 2.05) is 19.2 Å². The molecule has 4 nitrogen and oxygen atoms in total. The van der Waals surface area contributed by atoms with Gasteiger partial charge in [-0.25, -0.2) is 8.42 Å². The van der Waals surface area contributed by atoms with Crippen molar-refractivity contribution >= 4 is 32.6 Å². The Kier molecular flexibility index (Phi) is 4.06. The monoisotopic (exact) mass is 366 g/mol. The maximum Gasteiger partial charge on any atom is 0.243 e. The van der Waals surface area contributed by atoms with E-state index in [2.05, 4.69) is 27.5 Å². The van der Waals surface area contributed by atoms with Gasteiger partial charge in [-0.2, -0.15) is 4.31 Å². The van der Waals surface area contributed by atoms with Crippen LogP contribution in [0.15, 0.2) is 29.2 Å². The van der Waals surface area contributed by atoms with Crippen LogP contribution in [0.2, 0.25) is 0 Å². The molecule has 0 saturated carbocycles. The first kappa shape index (κ1) is 13.3. The number of hydrogen-bond donors (Lipinski definition) is 0. The summed E-state index contributed by atoms with van der Waals surface area (Å²) in [6.07, 6.45) is 0. The van der Waals surface area contributed by atoms with E-state index in [-0.39, 0.29) is 0 Å². The average molecular weight is 366 g/mol. The maximum absolute atomic E-state index is 12.3. The minimum atomic E-state index is -3.30. The van der Waals surface area contributed by atoms with E-state index in [4.69, 9.17) is 0 Å². The molecule has 1 heterocycles. The van der Waals surface area contributed by atoms with Gasteiger partial charge in [0.25, 0.3) is 0 Å². The fraction of sp³-hybridized carbons (Fsp3) is 0.455. The van der Waals surface area contributed by atoms with Crippen molar-refractivity contribution in [2.24, 2.45) is 0 Å². The van der Waals surface area contributed by atoms with Gasteiger partial charge in [0.15, 0.2) is 0 Å². The first-order valence-electron chi connectivity index (χ1n) is 5.44. The Labute approximate surface area is 116 Å². The van der Waals surface area contributed by atoms with Crippen LogP contribution in [0.4, 0.5) is 0 Å². The van der Waals surface area contributed by atoms with Crippen LogP contribution in [0.1, 0.15) is 0 Å². The summed E-state index contributed by atoms with van der Waals surface area (Å²) in [7, 11) is -1.29. The Hall–Kier alpha value is -0.180. The van der Waals surface area contributed by atoms with E-state index in [0.717, 1.165) is 16.7 Å². The number of halogens is 1. The zero-order chi connectivity index (χ0) is 12.5. The number of likely N-dealkylation sites (N-methyl/N-ethyl adjacent to an activating group) is 1. The smallest absolute Gasteiger partial charge is 0.243 e. The second-order valence-corrected chi connectivity index (χ2v) is 7.34. The van der Waals surface area contributed by atoms with E-state index in [9.17, 15) is 8.42 Å². The lowest BCUT2D eigenvalue weighted by Crippen LogP contribution is -2.46. The predicted molar refractivity (Wildman–Crippen MR) is 75.4 cm³/mol. The second-order valence-electron chi connectivity index (χ2n) is 4.16. The molecule has 94 valence electrons. The highest BCUT2D eigenvalue weighted by Gasteiger charge is 2.27. The van der Waals surface area contributed by atoms with E-state index in [1.54, 1.807) is 16.4 Å². The molecule has 6 heteroatoms. The molecule has 2 rings (SSSR count). The summed E-state index contributed by atoms with van der Waals surface area (Å²) >= 11 is 2.17. The van der Waals surface area contributed by atoms with Crippen molar-refractivity contribution in [3.8, 4) is 0 Å². The highest BCUT2D eigenvalue weighted by Crippen LogP contribution is 2.18. The van der Waals surface area contributed by atoms with Crippen molar-refractivity contribution in [2.45, 2.75) is 4.90 Å². The Morgan fingerprint density at radius 3 is 2.12 bits per heavy atom. The van der Waals surface area contributed by atoms with Crippen molar-refractivity contribution in [3.05, 3.63) is 27.8 Å². The van der Waals surface area contributed by atoms with E-state index < -0.39 is 10.0 Å². The van der Waals surface area contributed by atoms with Crippen LogP contribution in [-0.2, 0) is 10.0 Å². The maximum atomic E-state index is 12.3. The first-order chi connectivity index (χ1) is 8.00. The van der Waals surface area contributed by atoms with Crippen molar-refractivity contribution in [1.82, 2.24) is 9.21 Å². The molecule has 1 fully saturated rings. The highest BCUT2D eigenvalue weighted by atomic mass is 127. The first-order valence-corrected chi connectivity index (χ1v) is 7.96. The minimum absolute atomic E-state index is 0.391. The average Bonchev–Trinajstić information content (AvgIpc) is 2.30. The summed E-state index contributed by atoms with van der Waals surface area (Å²) in [4.78, 5) is 2.53. The normalized spacial score (nSPS) is 19.4. The molecule has 0 bridgehead atoms. The zero-order valence-electron chi connectivity index (χ0n) is 9.63. The molecule has 1 aromatic carbocycles. The molecule has 0 atom stereocenters. The van der Waals surface area contributed by atoms with Gasteiger partial charge in [-0.3, -0.25) is 0 Å². The lowest BCUT2D eigenvalue weighted by molar-refractivity contribution is 0.222. The Morgan fingerprint density at radius 2 is 1.59 bits per heavy atom. The molecule has 0 spiro atoms. The predicted octanol–water partition coefficient (Wildman–Crippen LogP) is 1.23. The molecule has 0 N–H and O–H groups in total. The van der Waals surface area contributed by atoms with Crippen molar-refractivity contribution < 1.29 is 8.42 Å². The quantitative estimate of drug-likeness (QED) is 0.740.